The Labute approximate surface area is 169 Å². The minimum Gasteiger partial charge on any atom is -0.392 e. The van der Waals surface area contributed by atoms with E-state index in [1.54, 1.807) is 0 Å². The molecule has 0 heterocycles. The Morgan fingerprint density at radius 1 is 1.20 bits per heavy atom. The molecule has 2 N–H and O–H groups in total. The molecule has 0 bridgehead atoms. The molecular formula is C18H21BrClNO2S2. The van der Waals surface area contributed by atoms with Crippen LogP contribution in [0.5, 0.6) is 0 Å². The average molecular weight is 463 g/mol. The molecule has 0 saturated heterocycles. The van der Waals surface area contributed by atoms with Gasteiger partial charge in [-0.25, -0.2) is 8.93 Å². The van der Waals surface area contributed by atoms with Crippen LogP contribution < -0.4 is 4.72 Å². The molecule has 1 atom stereocenters. The number of benzene rings is 2. The summed E-state index contributed by atoms with van der Waals surface area (Å²) in [4.78, 5) is 1.83. The van der Waals surface area contributed by atoms with Crippen LogP contribution in [0.15, 0.2) is 50.7 Å². The first-order valence-corrected chi connectivity index (χ1v) is 10.9. The van der Waals surface area contributed by atoms with Crippen LogP contribution in [-0.4, -0.2) is 14.1 Å². The van der Waals surface area contributed by atoms with E-state index in [2.05, 4.69) is 20.7 Å². The van der Waals surface area contributed by atoms with Crippen molar-refractivity contribution in [1.29, 1.82) is 0 Å². The second-order valence-electron chi connectivity index (χ2n) is 6.42. The van der Waals surface area contributed by atoms with Gasteiger partial charge in [-0.2, -0.15) is 0 Å². The van der Waals surface area contributed by atoms with E-state index in [0.29, 0.717) is 11.6 Å². The van der Waals surface area contributed by atoms with Gasteiger partial charge in [-0.15, -0.1) is 0 Å². The molecule has 0 spiro atoms. The van der Waals surface area contributed by atoms with Crippen molar-refractivity contribution in [1.82, 2.24) is 4.72 Å². The molecule has 136 valence electrons. The molecular weight excluding hydrogens is 442 g/mol. The van der Waals surface area contributed by atoms with Crippen LogP contribution in [0.1, 0.15) is 31.9 Å². The van der Waals surface area contributed by atoms with Crippen molar-refractivity contribution in [3.05, 3.63) is 57.0 Å². The van der Waals surface area contributed by atoms with Crippen LogP contribution >= 0.6 is 39.3 Å². The highest BCUT2D eigenvalue weighted by Crippen LogP contribution is 2.41. The first-order chi connectivity index (χ1) is 11.7. The molecule has 0 aliphatic rings. The van der Waals surface area contributed by atoms with E-state index in [1.165, 1.54) is 11.8 Å². The van der Waals surface area contributed by atoms with Crippen LogP contribution in [0.25, 0.3) is 0 Å². The summed E-state index contributed by atoms with van der Waals surface area (Å²) < 4.78 is 15.8. The Balaban J connectivity index is 2.33. The van der Waals surface area contributed by atoms with Gasteiger partial charge in [0.05, 0.1) is 27.4 Å². The van der Waals surface area contributed by atoms with Crippen LogP contribution in [-0.2, 0) is 24.1 Å². The molecule has 0 aliphatic heterocycles. The van der Waals surface area contributed by atoms with Gasteiger partial charge in [-0.3, -0.25) is 0 Å². The minimum atomic E-state index is -1.16. The third-order valence-corrected chi connectivity index (χ3v) is 7.64. The fourth-order valence-corrected chi connectivity index (χ4v) is 4.61. The summed E-state index contributed by atoms with van der Waals surface area (Å²) >= 11 is 11.5. The lowest BCUT2D eigenvalue weighted by molar-refractivity contribution is 0.279. The second-order valence-corrected chi connectivity index (χ2v) is 10.8. The smallest absolute Gasteiger partial charge is 0.0973 e. The maximum Gasteiger partial charge on any atom is 0.0973 e. The van der Waals surface area contributed by atoms with Gasteiger partial charge in [-0.1, -0.05) is 47.6 Å². The van der Waals surface area contributed by atoms with Gasteiger partial charge in [0.2, 0.25) is 0 Å². The highest BCUT2D eigenvalue weighted by atomic mass is 79.9. The van der Waals surface area contributed by atoms with E-state index in [1.807, 2.05) is 57.2 Å². The van der Waals surface area contributed by atoms with Crippen LogP contribution in [0.3, 0.4) is 0 Å². The maximum atomic E-state index is 12.3. The van der Waals surface area contributed by atoms with E-state index in [0.717, 1.165) is 25.4 Å². The van der Waals surface area contributed by atoms with Crippen LogP contribution in [0.2, 0.25) is 5.02 Å². The Morgan fingerprint density at radius 2 is 1.88 bits per heavy atom. The molecule has 2 rings (SSSR count). The van der Waals surface area contributed by atoms with Gasteiger partial charge in [0.1, 0.15) is 0 Å². The zero-order valence-corrected chi connectivity index (χ0v) is 18.3. The SMILES string of the molecule is CC(C)(C)S(=O)NCc1ccc(Br)c(Cl)c1Sc1ccccc1CO. The third-order valence-electron chi connectivity index (χ3n) is 3.44. The van der Waals surface area contributed by atoms with E-state index in [-0.39, 0.29) is 11.4 Å². The summed E-state index contributed by atoms with van der Waals surface area (Å²) in [6, 6.07) is 11.5. The number of rotatable bonds is 6. The minimum absolute atomic E-state index is 0.0313. The van der Waals surface area contributed by atoms with E-state index < -0.39 is 11.0 Å². The molecule has 1 unspecified atom stereocenters. The Kier molecular flexibility index (Phi) is 7.55. The monoisotopic (exact) mass is 461 g/mol. The Morgan fingerprint density at radius 3 is 2.52 bits per heavy atom. The van der Waals surface area contributed by atoms with Gasteiger partial charge in [0, 0.05) is 20.8 Å². The average Bonchev–Trinajstić information content (AvgIpc) is 2.57. The summed E-state index contributed by atoms with van der Waals surface area (Å²) in [5.41, 5.74) is 1.81. The molecule has 25 heavy (non-hydrogen) atoms. The van der Waals surface area contributed by atoms with E-state index in [4.69, 9.17) is 11.6 Å². The quantitative estimate of drug-likeness (QED) is 0.612. The van der Waals surface area contributed by atoms with E-state index in [9.17, 15) is 9.32 Å². The topological polar surface area (TPSA) is 49.3 Å². The van der Waals surface area contributed by atoms with Gasteiger partial charge in [0.15, 0.2) is 0 Å². The lowest BCUT2D eigenvalue weighted by atomic mass is 10.2. The predicted molar refractivity (Wildman–Crippen MR) is 110 cm³/mol. The number of halogens is 2. The second kappa shape index (κ2) is 9.02. The van der Waals surface area contributed by atoms with Crippen molar-refractivity contribution in [2.75, 3.05) is 0 Å². The lowest BCUT2D eigenvalue weighted by Crippen LogP contribution is -2.33. The molecule has 2 aromatic rings. The third kappa shape index (κ3) is 5.55. The fraction of sp³-hybridized carbons (Fsp3) is 0.333. The lowest BCUT2D eigenvalue weighted by Gasteiger charge is -2.19. The van der Waals surface area contributed by atoms with Gasteiger partial charge in [-0.05, 0) is 60.0 Å². The number of aliphatic hydroxyl groups excluding tert-OH is 1. The summed E-state index contributed by atoms with van der Waals surface area (Å²) in [5, 5.41) is 10.2. The molecule has 0 amide bonds. The first-order valence-electron chi connectivity index (χ1n) is 7.73. The van der Waals surface area contributed by atoms with Crippen LogP contribution in [0.4, 0.5) is 0 Å². The summed E-state index contributed by atoms with van der Waals surface area (Å²) in [7, 11) is -1.16. The van der Waals surface area contributed by atoms with Crippen molar-refractivity contribution in [3.63, 3.8) is 0 Å². The number of aliphatic hydroxyl groups is 1. The fourth-order valence-electron chi connectivity index (χ4n) is 2.03. The predicted octanol–water partition coefficient (Wildman–Crippen LogP) is 5.30. The van der Waals surface area contributed by atoms with Crippen molar-refractivity contribution < 1.29 is 9.32 Å². The Bertz CT molecular complexity index is 778. The molecule has 0 fully saturated rings. The number of hydrogen-bond acceptors (Lipinski definition) is 3. The molecule has 0 aromatic heterocycles. The zero-order valence-electron chi connectivity index (χ0n) is 14.3. The summed E-state index contributed by atoms with van der Waals surface area (Å²) in [6.45, 7) is 6.20. The zero-order chi connectivity index (χ0) is 18.6. The summed E-state index contributed by atoms with van der Waals surface area (Å²) in [5.74, 6) is 0. The normalized spacial score (nSPS) is 13.0. The molecule has 3 nitrogen and oxygen atoms in total. The molecule has 2 aromatic carbocycles. The maximum absolute atomic E-state index is 12.3. The Hall–Kier alpha value is -0.370. The van der Waals surface area contributed by atoms with Crippen molar-refractivity contribution in [2.24, 2.45) is 0 Å². The largest absolute Gasteiger partial charge is 0.392 e. The molecule has 0 aliphatic carbocycles. The van der Waals surface area contributed by atoms with Gasteiger partial charge in [0.25, 0.3) is 0 Å². The van der Waals surface area contributed by atoms with Crippen molar-refractivity contribution in [3.8, 4) is 0 Å². The number of nitrogens with one attached hydrogen (secondary N) is 1. The molecule has 0 radical (unpaired) electrons. The highest BCUT2D eigenvalue weighted by molar-refractivity contribution is 9.10. The van der Waals surface area contributed by atoms with Crippen LogP contribution in [0, 0.1) is 0 Å². The van der Waals surface area contributed by atoms with Gasteiger partial charge >= 0.3 is 0 Å². The first kappa shape index (κ1) is 20.9. The highest BCUT2D eigenvalue weighted by Gasteiger charge is 2.20. The van der Waals surface area contributed by atoms with E-state index >= 15 is 0 Å². The standard InChI is InChI=1S/C18H21BrClNO2S2/c1-18(2,3)25(23)21-10-12-8-9-14(19)16(20)17(12)24-15-7-5-4-6-13(15)11-22/h4-9,21-22H,10-11H2,1-3H3. The molecule has 7 heteroatoms. The summed E-state index contributed by atoms with van der Waals surface area (Å²) in [6.07, 6.45) is 0. The number of hydrogen-bond donors (Lipinski definition) is 2. The van der Waals surface area contributed by atoms with Crippen molar-refractivity contribution >= 4 is 50.3 Å². The molecule has 0 saturated carbocycles. The van der Waals surface area contributed by atoms with Crippen molar-refractivity contribution in [2.45, 2.75) is 48.5 Å². The van der Waals surface area contributed by atoms with Gasteiger partial charge < -0.3 is 5.11 Å².